The average molecular weight is 361 g/mol. The minimum Gasteiger partial charge on any atom is -0.322 e. The predicted molar refractivity (Wildman–Crippen MR) is 99.2 cm³/mol. The Labute approximate surface area is 152 Å². The molecule has 0 saturated heterocycles. The van der Waals surface area contributed by atoms with Gasteiger partial charge in [0.15, 0.2) is 0 Å². The van der Waals surface area contributed by atoms with Gasteiger partial charge in [-0.05, 0) is 49.4 Å². The number of nitrogens with zero attached hydrogens (tertiary/aromatic N) is 1. The molecular formula is C20H22ClFN2O. The van der Waals surface area contributed by atoms with E-state index in [9.17, 15) is 9.18 Å². The zero-order chi connectivity index (χ0) is 17.8. The first-order chi connectivity index (χ1) is 12.0. The third-order valence-corrected chi connectivity index (χ3v) is 4.80. The summed E-state index contributed by atoms with van der Waals surface area (Å²) in [6.07, 6.45) is 2.42. The van der Waals surface area contributed by atoms with E-state index in [1.54, 1.807) is 0 Å². The van der Waals surface area contributed by atoms with Crippen molar-refractivity contribution in [2.24, 2.45) is 5.92 Å². The molecule has 25 heavy (non-hydrogen) atoms. The largest absolute Gasteiger partial charge is 0.322 e. The number of nitrogens with one attached hydrogen (secondary N) is 1. The molecule has 1 aliphatic carbocycles. The summed E-state index contributed by atoms with van der Waals surface area (Å²) in [4.78, 5) is 14.6. The summed E-state index contributed by atoms with van der Waals surface area (Å²) in [5.74, 6) is -0.0610. The number of halogens is 2. The number of hydrogen-bond acceptors (Lipinski definition) is 2. The number of anilines is 1. The van der Waals surface area contributed by atoms with E-state index in [4.69, 9.17) is 11.6 Å². The second-order valence-corrected chi connectivity index (χ2v) is 7.07. The molecule has 5 heteroatoms. The summed E-state index contributed by atoms with van der Waals surface area (Å²) < 4.78 is 13.8. The van der Waals surface area contributed by atoms with Crippen molar-refractivity contribution in [3.05, 3.63) is 64.9 Å². The van der Waals surface area contributed by atoms with Gasteiger partial charge in [-0.25, -0.2) is 4.39 Å². The van der Waals surface area contributed by atoms with Crippen molar-refractivity contribution >= 4 is 23.2 Å². The Kier molecular flexibility index (Phi) is 5.71. The van der Waals surface area contributed by atoms with Crippen LogP contribution in [-0.2, 0) is 4.79 Å². The van der Waals surface area contributed by atoms with Crippen LogP contribution in [0.2, 0.25) is 5.02 Å². The highest BCUT2D eigenvalue weighted by Crippen LogP contribution is 2.32. The molecule has 0 aliphatic heterocycles. The zero-order valence-electron chi connectivity index (χ0n) is 14.2. The molecule has 1 aliphatic rings. The van der Waals surface area contributed by atoms with Gasteiger partial charge < -0.3 is 5.32 Å². The van der Waals surface area contributed by atoms with Gasteiger partial charge in [-0.15, -0.1) is 0 Å². The summed E-state index contributed by atoms with van der Waals surface area (Å²) in [6.45, 7) is 3.20. The number of benzene rings is 2. The van der Waals surface area contributed by atoms with E-state index < -0.39 is 5.82 Å². The molecule has 3 rings (SSSR count). The maximum absolute atomic E-state index is 13.8. The smallest absolute Gasteiger partial charge is 0.238 e. The van der Waals surface area contributed by atoms with Gasteiger partial charge in [0.25, 0.3) is 0 Å². The summed E-state index contributed by atoms with van der Waals surface area (Å²) >= 11 is 5.89. The molecular weight excluding hydrogens is 339 g/mol. The Morgan fingerprint density at radius 1 is 1.28 bits per heavy atom. The third-order valence-electron chi connectivity index (χ3n) is 4.57. The average Bonchev–Trinajstić information content (AvgIpc) is 3.42. The van der Waals surface area contributed by atoms with E-state index in [1.807, 2.05) is 18.2 Å². The van der Waals surface area contributed by atoms with E-state index in [1.165, 1.54) is 36.6 Å². The Hall–Kier alpha value is -1.91. The fraction of sp³-hybridized carbons (Fsp3) is 0.350. The molecule has 0 heterocycles. The molecule has 0 spiro atoms. The Morgan fingerprint density at radius 3 is 2.68 bits per heavy atom. The Morgan fingerprint density at radius 2 is 2.00 bits per heavy atom. The topological polar surface area (TPSA) is 32.3 Å². The second kappa shape index (κ2) is 7.98. The number of rotatable bonds is 7. The van der Waals surface area contributed by atoms with Gasteiger partial charge in [0.1, 0.15) is 5.82 Å². The fourth-order valence-corrected chi connectivity index (χ4v) is 3.07. The monoisotopic (exact) mass is 360 g/mol. The molecule has 1 N–H and O–H groups in total. The van der Waals surface area contributed by atoms with Gasteiger partial charge in [0.2, 0.25) is 5.91 Å². The van der Waals surface area contributed by atoms with Crippen LogP contribution in [0.15, 0.2) is 48.5 Å². The van der Waals surface area contributed by atoms with Crippen LogP contribution in [-0.4, -0.2) is 23.9 Å². The number of carbonyl (C=O) groups is 1. The van der Waals surface area contributed by atoms with E-state index in [-0.39, 0.29) is 24.2 Å². The van der Waals surface area contributed by atoms with Gasteiger partial charge in [-0.1, -0.05) is 41.9 Å². The highest BCUT2D eigenvalue weighted by atomic mass is 35.5. The van der Waals surface area contributed by atoms with Crippen molar-refractivity contribution in [2.75, 3.05) is 18.4 Å². The van der Waals surface area contributed by atoms with E-state index in [0.717, 1.165) is 6.54 Å². The fourth-order valence-electron chi connectivity index (χ4n) is 2.90. The SMILES string of the molecule is CC(c1ccccc1)N(CC(=O)Nc1cc(Cl)ccc1F)CC1CC1. The van der Waals surface area contributed by atoms with Gasteiger partial charge in [0.05, 0.1) is 12.2 Å². The van der Waals surface area contributed by atoms with E-state index in [0.29, 0.717) is 10.9 Å². The predicted octanol–water partition coefficient (Wildman–Crippen LogP) is 4.89. The van der Waals surface area contributed by atoms with Crippen molar-refractivity contribution in [1.82, 2.24) is 4.90 Å². The van der Waals surface area contributed by atoms with Crippen LogP contribution in [0.25, 0.3) is 0 Å². The maximum Gasteiger partial charge on any atom is 0.238 e. The lowest BCUT2D eigenvalue weighted by Crippen LogP contribution is -2.36. The lowest BCUT2D eigenvalue weighted by Gasteiger charge is -2.29. The minimum absolute atomic E-state index is 0.122. The second-order valence-electron chi connectivity index (χ2n) is 6.63. The highest BCUT2D eigenvalue weighted by Gasteiger charge is 2.28. The Balaban J connectivity index is 1.69. The van der Waals surface area contributed by atoms with Crippen LogP contribution in [0, 0.1) is 11.7 Å². The first-order valence-corrected chi connectivity index (χ1v) is 8.94. The summed E-state index contributed by atoms with van der Waals surface area (Å²) in [5.41, 5.74) is 1.29. The standard InChI is InChI=1S/C20H22ClFN2O/c1-14(16-5-3-2-4-6-16)24(12-15-7-8-15)13-20(25)23-19-11-17(21)9-10-18(19)22/h2-6,9-11,14-15H,7-8,12-13H2,1H3,(H,23,25). The first kappa shape index (κ1) is 17.9. The molecule has 0 radical (unpaired) electrons. The summed E-state index contributed by atoms with van der Waals surface area (Å²) in [5, 5.41) is 3.03. The summed E-state index contributed by atoms with van der Waals surface area (Å²) in [7, 11) is 0. The Bertz CT molecular complexity index is 734. The van der Waals surface area contributed by atoms with Crippen molar-refractivity contribution in [3.63, 3.8) is 0 Å². The molecule has 1 unspecified atom stereocenters. The van der Waals surface area contributed by atoms with E-state index in [2.05, 4.69) is 29.3 Å². The normalized spacial score (nSPS) is 15.2. The van der Waals surface area contributed by atoms with E-state index >= 15 is 0 Å². The first-order valence-electron chi connectivity index (χ1n) is 8.57. The summed E-state index contributed by atoms with van der Waals surface area (Å²) in [6, 6.07) is 14.4. The van der Waals surface area contributed by atoms with Crippen LogP contribution >= 0.6 is 11.6 Å². The van der Waals surface area contributed by atoms with Crippen LogP contribution in [0.3, 0.4) is 0 Å². The molecule has 3 nitrogen and oxygen atoms in total. The number of amides is 1. The third kappa shape index (κ3) is 5.03. The van der Waals surface area contributed by atoms with Crippen molar-refractivity contribution < 1.29 is 9.18 Å². The van der Waals surface area contributed by atoms with Gasteiger partial charge in [0, 0.05) is 17.6 Å². The molecule has 132 valence electrons. The quantitative estimate of drug-likeness (QED) is 0.762. The number of carbonyl (C=O) groups excluding carboxylic acids is 1. The van der Waals surface area contributed by atoms with Gasteiger partial charge in [-0.3, -0.25) is 9.69 Å². The van der Waals surface area contributed by atoms with Crippen molar-refractivity contribution in [1.29, 1.82) is 0 Å². The molecule has 2 aromatic carbocycles. The molecule has 1 saturated carbocycles. The maximum atomic E-state index is 13.8. The molecule has 0 bridgehead atoms. The lowest BCUT2D eigenvalue weighted by atomic mass is 10.1. The van der Waals surface area contributed by atoms with Crippen molar-refractivity contribution in [2.45, 2.75) is 25.8 Å². The van der Waals surface area contributed by atoms with Crippen LogP contribution in [0.5, 0.6) is 0 Å². The molecule has 1 amide bonds. The highest BCUT2D eigenvalue weighted by molar-refractivity contribution is 6.30. The van der Waals surface area contributed by atoms with Crippen molar-refractivity contribution in [3.8, 4) is 0 Å². The minimum atomic E-state index is -0.484. The molecule has 0 aromatic heterocycles. The van der Waals surface area contributed by atoms with Gasteiger partial charge in [-0.2, -0.15) is 0 Å². The molecule has 1 atom stereocenters. The van der Waals surface area contributed by atoms with Crippen LogP contribution in [0.4, 0.5) is 10.1 Å². The number of hydrogen-bond donors (Lipinski definition) is 1. The lowest BCUT2D eigenvalue weighted by molar-refractivity contribution is -0.117. The van der Waals surface area contributed by atoms with Crippen LogP contribution in [0.1, 0.15) is 31.4 Å². The molecule has 2 aromatic rings. The van der Waals surface area contributed by atoms with Gasteiger partial charge >= 0.3 is 0 Å². The van der Waals surface area contributed by atoms with Crippen LogP contribution < -0.4 is 5.32 Å². The molecule has 1 fully saturated rings. The zero-order valence-corrected chi connectivity index (χ0v) is 15.0.